The van der Waals surface area contributed by atoms with E-state index in [1.807, 2.05) is 0 Å². The van der Waals surface area contributed by atoms with E-state index < -0.39 is 30.0 Å². The van der Waals surface area contributed by atoms with Crippen LogP contribution in [0.3, 0.4) is 0 Å². The maximum absolute atomic E-state index is 11.2. The minimum Gasteiger partial charge on any atom is -0.744 e. The molecule has 0 saturated heterocycles. The molecule has 22 heavy (non-hydrogen) atoms. The molecule has 2 aromatic rings. The van der Waals surface area contributed by atoms with Crippen LogP contribution in [0.2, 0.25) is 0 Å². The molecule has 6 nitrogen and oxygen atoms in total. The van der Waals surface area contributed by atoms with Crippen LogP contribution in [0, 0.1) is 0 Å². The minimum atomic E-state index is -4.79. The van der Waals surface area contributed by atoms with Gasteiger partial charge in [0.1, 0.15) is 20.2 Å². The fourth-order valence-corrected chi connectivity index (χ4v) is 3.20. The molecule has 0 unspecified atom stereocenters. The van der Waals surface area contributed by atoms with Gasteiger partial charge in [-0.15, -0.1) is 0 Å². The van der Waals surface area contributed by atoms with E-state index >= 15 is 0 Å². The summed E-state index contributed by atoms with van der Waals surface area (Å²) in [4.78, 5) is -1.15. The molecule has 0 spiro atoms. The minimum absolute atomic E-state index is 0. The van der Waals surface area contributed by atoms with E-state index in [0.717, 1.165) is 12.1 Å². The third-order valence-corrected chi connectivity index (χ3v) is 4.39. The van der Waals surface area contributed by atoms with Crippen LogP contribution in [0.1, 0.15) is 0 Å². The van der Waals surface area contributed by atoms with Gasteiger partial charge >= 0.3 is 37.7 Å². The van der Waals surface area contributed by atoms with Crippen molar-refractivity contribution in [3.05, 3.63) is 48.5 Å². The second-order valence-electron chi connectivity index (χ2n) is 3.90. The Hall–Kier alpha value is -0.545. The Morgan fingerprint density at radius 1 is 0.591 bits per heavy atom. The van der Waals surface area contributed by atoms with E-state index in [-0.39, 0.29) is 48.8 Å². The van der Waals surface area contributed by atoms with Crippen molar-refractivity contribution < 1.29 is 63.7 Å². The van der Waals surface area contributed by atoms with Gasteiger partial charge in [0, 0.05) is 11.1 Å². The van der Waals surface area contributed by atoms with Crippen LogP contribution in [0.15, 0.2) is 58.3 Å². The first-order valence-electron chi connectivity index (χ1n) is 5.31. The van der Waals surface area contributed by atoms with Crippen molar-refractivity contribution in [1.82, 2.24) is 0 Å². The van der Waals surface area contributed by atoms with Crippen molar-refractivity contribution >= 4 is 20.2 Å². The summed E-state index contributed by atoms with van der Waals surface area (Å²) >= 11 is 0. The molecule has 106 valence electrons. The molecule has 0 aromatic heterocycles. The quantitative estimate of drug-likeness (QED) is 0.413. The Bertz CT molecular complexity index is 789. The molecule has 0 aliphatic heterocycles. The van der Waals surface area contributed by atoms with Gasteiger partial charge < -0.3 is 9.11 Å². The monoisotopic (exact) mass is 326 g/mol. The Morgan fingerprint density at radius 2 is 0.864 bits per heavy atom. The van der Waals surface area contributed by atoms with Gasteiger partial charge in [-0.05, 0) is 12.1 Å². The summed E-state index contributed by atoms with van der Waals surface area (Å²) < 4.78 is 67.2. The summed E-state index contributed by atoms with van der Waals surface area (Å²) in [6.45, 7) is 0. The summed E-state index contributed by atoms with van der Waals surface area (Å²) in [7, 11) is -9.58. The second-order valence-corrected chi connectivity index (χ2v) is 6.60. The maximum atomic E-state index is 11.2. The number of hydrogen-bond donors (Lipinski definition) is 0. The molecule has 0 bridgehead atoms. The van der Waals surface area contributed by atoms with Crippen LogP contribution in [0.4, 0.5) is 0 Å². The summed E-state index contributed by atoms with van der Waals surface area (Å²) in [5.41, 5.74) is -0.227. The Morgan fingerprint density at radius 3 is 1.14 bits per heavy atom. The van der Waals surface area contributed by atoms with Crippen LogP contribution in [0.25, 0.3) is 11.1 Å². The molecule has 0 radical (unpaired) electrons. The van der Waals surface area contributed by atoms with Crippen molar-refractivity contribution in [2.24, 2.45) is 0 Å². The van der Waals surface area contributed by atoms with Crippen LogP contribution >= 0.6 is 0 Å². The molecular weight excluding hydrogens is 318 g/mol. The van der Waals surface area contributed by atoms with Gasteiger partial charge in [-0.3, -0.25) is 0 Å². The normalized spacial score (nSPS) is 11.2. The van der Waals surface area contributed by atoms with Gasteiger partial charge in [0.05, 0.1) is 9.79 Å². The van der Waals surface area contributed by atoms with Crippen LogP contribution in [-0.4, -0.2) is 25.9 Å². The standard InChI is InChI=1S/C12H10O6S2.2Li/c13-19(14,15)11-7-3-1-5-9(11)10-6-2-4-8-12(10)20(16,17)18;;/h1-8H,(H,13,14,15)(H,16,17,18);;/q;2*+1/p-2. The van der Waals surface area contributed by atoms with Crippen LogP contribution in [0.5, 0.6) is 0 Å². The predicted molar refractivity (Wildman–Crippen MR) is 67.8 cm³/mol. The fraction of sp³-hybridized carbons (Fsp3) is 0. The molecule has 0 aliphatic rings. The summed E-state index contributed by atoms with van der Waals surface area (Å²) in [6.07, 6.45) is 0. The van der Waals surface area contributed by atoms with Gasteiger partial charge in [-0.25, -0.2) is 16.8 Å². The van der Waals surface area contributed by atoms with Crippen molar-refractivity contribution in [3.63, 3.8) is 0 Å². The zero-order chi connectivity index (χ0) is 15.0. The van der Waals surface area contributed by atoms with Gasteiger partial charge in [0.25, 0.3) is 0 Å². The Balaban J connectivity index is 0.00000220. The molecule has 0 saturated carbocycles. The van der Waals surface area contributed by atoms with Gasteiger partial charge in [-0.2, -0.15) is 0 Å². The largest absolute Gasteiger partial charge is 1.00 e. The molecule has 0 aliphatic carbocycles. The van der Waals surface area contributed by atoms with E-state index in [1.54, 1.807) is 0 Å². The molecule has 0 fully saturated rings. The zero-order valence-corrected chi connectivity index (χ0v) is 13.5. The number of benzene rings is 2. The first kappa shape index (κ1) is 21.5. The van der Waals surface area contributed by atoms with Crippen molar-refractivity contribution in [2.45, 2.75) is 9.79 Å². The smallest absolute Gasteiger partial charge is 0.744 e. The van der Waals surface area contributed by atoms with Crippen LogP contribution < -0.4 is 37.7 Å². The SMILES string of the molecule is O=S(=O)([O-])c1ccccc1-c1ccccc1S(=O)(=O)[O-].[Li+].[Li+]. The molecule has 0 N–H and O–H groups in total. The van der Waals surface area contributed by atoms with Gasteiger partial charge in [0.2, 0.25) is 0 Å². The van der Waals surface area contributed by atoms with E-state index in [2.05, 4.69) is 0 Å². The first-order valence-corrected chi connectivity index (χ1v) is 8.13. The average Bonchev–Trinajstić information content (AvgIpc) is 2.37. The Labute approximate surface area is 152 Å². The third kappa shape index (κ3) is 4.72. The van der Waals surface area contributed by atoms with Crippen LogP contribution in [-0.2, 0) is 20.2 Å². The molecule has 2 aromatic carbocycles. The van der Waals surface area contributed by atoms with E-state index in [0.29, 0.717) is 0 Å². The summed E-state index contributed by atoms with van der Waals surface area (Å²) in [5.74, 6) is 0. The number of rotatable bonds is 3. The summed E-state index contributed by atoms with van der Waals surface area (Å²) in [5, 5.41) is 0. The molecular formula is C12H8Li2O6S2. The van der Waals surface area contributed by atoms with Crippen molar-refractivity contribution in [2.75, 3.05) is 0 Å². The predicted octanol–water partition coefficient (Wildman–Crippen LogP) is -4.83. The van der Waals surface area contributed by atoms with Gasteiger partial charge in [0.15, 0.2) is 0 Å². The molecule has 0 atom stereocenters. The summed E-state index contributed by atoms with van der Waals surface area (Å²) in [6, 6.07) is 10.2. The third-order valence-electron chi connectivity index (χ3n) is 2.60. The molecule has 2 rings (SSSR count). The molecule has 0 heterocycles. The second kappa shape index (κ2) is 7.82. The fourth-order valence-electron chi connectivity index (χ4n) is 1.81. The average molecular weight is 326 g/mol. The van der Waals surface area contributed by atoms with E-state index in [1.165, 1.54) is 36.4 Å². The van der Waals surface area contributed by atoms with Crippen molar-refractivity contribution in [1.29, 1.82) is 0 Å². The topological polar surface area (TPSA) is 114 Å². The maximum Gasteiger partial charge on any atom is 1.00 e. The Kier molecular flexibility index (Phi) is 7.63. The molecule has 10 heteroatoms. The van der Waals surface area contributed by atoms with Gasteiger partial charge in [-0.1, -0.05) is 36.4 Å². The first-order chi connectivity index (χ1) is 9.21. The van der Waals surface area contributed by atoms with E-state index in [9.17, 15) is 25.9 Å². The van der Waals surface area contributed by atoms with Crippen molar-refractivity contribution in [3.8, 4) is 11.1 Å². The molecule has 0 amide bonds. The van der Waals surface area contributed by atoms with E-state index in [4.69, 9.17) is 0 Å². The zero-order valence-electron chi connectivity index (χ0n) is 11.9. The number of hydrogen-bond acceptors (Lipinski definition) is 6.